The standard InChI is InChI=1S/C29H27NO3/c1-32-26-18-19-27(33-2)22(20-26)21-30-28(31)29(23-12-6-3-7-13-23,24-14-8-4-9-15-24)25-16-10-5-11-17-25/h3-20H,21H2,1-2H3,(H,30,31). The van der Waals surface area contributed by atoms with Crippen molar-refractivity contribution in [3.05, 3.63) is 131 Å². The molecular weight excluding hydrogens is 410 g/mol. The SMILES string of the molecule is COc1ccc(OC)c(CNC(=O)C(c2ccccc2)(c2ccccc2)c2ccccc2)c1. The second-order valence-electron chi connectivity index (χ2n) is 7.71. The number of amides is 1. The second-order valence-corrected chi connectivity index (χ2v) is 7.71. The van der Waals surface area contributed by atoms with E-state index in [0.717, 1.165) is 22.3 Å². The Morgan fingerprint density at radius 2 is 1.18 bits per heavy atom. The largest absolute Gasteiger partial charge is 0.497 e. The van der Waals surface area contributed by atoms with E-state index in [0.29, 0.717) is 18.0 Å². The molecule has 33 heavy (non-hydrogen) atoms. The van der Waals surface area contributed by atoms with Crippen molar-refractivity contribution in [1.29, 1.82) is 0 Å². The van der Waals surface area contributed by atoms with Gasteiger partial charge in [0.15, 0.2) is 0 Å². The van der Waals surface area contributed by atoms with Gasteiger partial charge >= 0.3 is 0 Å². The van der Waals surface area contributed by atoms with Gasteiger partial charge in [-0.2, -0.15) is 0 Å². The zero-order valence-electron chi connectivity index (χ0n) is 18.8. The number of ether oxygens (including phenoxy) is 2. The molecule has 0 aliphatic carbocycles. The van der Waals surface area contributed by atoms with E-state index in [1.54, 1.807) is 14.2 Å². The minimum atomic E-state index is -1.02. The number of rotatable bonds is 8. The summed E-state index contributed by atoms with van der Waals surface area (Å²) < 4.78 is 10.9. The molecule has 0 aliphatic rings. The molecule has 4 rings (SSSR count). The van der Waals surface area contributed by atoms with Gasteiger partial charge in [0.05, 0.1) is 14.2 Å². The van der Waals surface area contributed by atoms with E-state index in [1.807, 2.05) is 109 Å². The van der Waals surface area contributed by atoms with Crippen molar-refractivity contribution in [2.75, 3.05) is 14.2 Å². The van der Waals surface area contributed by atoms with Crippen molar-refractivity contribution in [3.8, 4) is 11.5 Å². The Kier molecular flexibility index (Phi) is 6.75. The van der Waals surface area contributed by atoms with Crippen LogP contribution in [0.15, 0.2) is 109 Å². The number of hydrogen-bond donors (Lipinski definition) is 1. The first-order chi connectivity index (χ1) is 16.2. The van der Waals surface area contributed by atoms with E-state index in [9.17, 15) is 4.79 Å². The Bertz CT molecular complexity index is 1090. The summed E-state index contributed by atoms with van der Waals surface area (Å²) in [5.41, 5.74) is 2.52. The lowest BCUT2D eigenvalue weighted by atomic mass is 9.68. The first-order valence-corrected chi connectivity index (χ1v) is 10.9. The van der Waals surface area contributed by atoms with Gasteiger partial charge in [-0.1, -0.05) is 91.0 Å². The number of carbonyl (C=O) groups is 1. The van der Waals surface area contributed by atoms with Crippen LogP contribution >= 0.6 is 0 Å². The van der Waals surface area contributed by atoms with Crippen LogP contribution in [0.25, 0.3) is 0 Å². The summed E-state index contributed by atoms with van der Waals surface area (Å²) in [5.74, 6) is 1.29. The van der Waals surface area contributed by atoms with Crippen molar-refractivity contribution in [2.24, 2.45) is 0 Å². The van der Waals surface area contributed by atoms with Crippen LogP contribution in [0.1, 0.15) is 22.3 Å². The van der Waals surface area contributed by atoms with Crippen LogP contribution in [0, 0.1) is 0 Å². The smallest absolute Gasteiger partial charge is 0.239 e. The highest BCUT2D eigenvalue weighted by atomic mass is 16.5. The maximum Gasteiger partial charge on any atom is 0.239 e. The average molecular weight is 438 g/mol. The van der Waals surface area contributed by atoms with Gasteiger partial charge in [-0.05, 0) is 34.9 Å². The topological polar surface area (TPSA) is 47.6 Å². The van der Waals surface area contributed by atoms with Gasteiger partial charge in [-0.3, -0.25) is 4.79 Å². The van der Waals surface area contributed by atoms with Crippen LogP contribution in [0.4, 0.5) is 0 Å². The van der Waals surface area contributed by atoms with E-state index >= 15 is 0 Å². The van der Waals surface area contributed by atoms with Gasteiger partial charge in [0, 0.05) is 12.1 Å². The molecule has 0 saturated carbocycles. The normalized spacial score (nSPS) is 11.0. The molecule has 0 aliphatic heterocycles. The van der Waals surface area contributed by atoms with E-state index in [1.165, 1.54) is 0 Å². The van der Waals surface area contributed by atoms with Crippen molar-refractivity contribution in [1.82, 2.24) is 5.32 Å². The van der Waals surface area contributed by atoms with Crippen LogP contribution in [0.5, 0.6) is 11.5 Å². The van der Waals surface area contributed by atoms with Gasteiger partial charge in [-0.15, -0.1) is 0 Å². The first-order valence-electron chi connectivity index (χ1n) is 10.9. The minimum Gasteiger partial charge on any atom is -0.497 e. The molecule has 0 saturated heterocycles. The second kappa shape index (κ2) is 10.0. The highest BCUT2D eigenvalue weighted by Crippen LogP contribution is 2.39. The molecule has 1 N–H and O–H groups in total. The summed E-state index contributed by atoms with van der Waals surface area (Å²) in [7, 11) is 3.24. The Morgan fingerprint density at radius 1 is 0.697 bits per heavy atom. The van der Waals surface area contributed by atoms with E-state index < -0.39 is 5.41 Å². The van der Waals surface area contributed by atoms with Crippen LogP contribution in [0.2, 0.25) is 0 Å². The molecule has 0 unspecified atom stereocenters. The number of benzene rings is 4. The predicted molar refractivity (Wildman–Crippen MR) is 131 cm³/mol. The molecular formula is C29H27NO3. The van der Waals surface area contributed by atoms with E-state index in [-0.39, 0.29) is 5.91 Å². The van der Waals surface area contributed by atoms with Gasteiger partial charge < -0.3 is 14.8 Å². The molecule has 4 nitrogen and oxygen atoms in total. The number of hydrogen-bond acceptors (Lipinski definition) is 3. The molecule has 166 valence electrons. The molecule has 0 aromatic heterocycles. The maximum absolute atomic E-state index is 14.2. The summed E-state index contributed by atoms with van der Waals surface area (Å²) in [6.45, 7) is 0.299. The van der Waals surface area contributed by atoms with Crippen molar-refractivity contribution < 1.29 is 14.3 Å². The van der Waals surface area contributed by atoms with Crippen molar-refractivity contribution in [2.45, 2.75) is 12.0 Å². The molecule has 4 heteroatoms. The van der Waals surface area contributed by atoms with Gasteiger partial charge in [-0.25, -0.2) is 0 Å². The Morgan fingerprint density at radius 3 is 1.61 bits per heavy atom. The Balaban J connectivity index is 1.83. The summed E-state index contributed by atoms with van der Waals surface area (Å²) >= 11 is 0. The molecule has 0 bridgehead atoms. The number of methoxy groups -OCH3 is 2. The lowest BCUT2D eigenvalue weighted by Gasteiger charge is -2.34. The van der Waals surface area contributed by atoms with Crippen LogP contribution < -0.4 is 14.8 Å². The Labute approximate surface area is 194 Å². The summed E-state index contributed by atoms with van der Waals surface area (Å²) in [6, 6.07) is 35.3. The fourth-order valence-electron chi connectivity index (χ4n) is 4.29. The highest BCUT2D eigenvalue weighted by molar-refractivity contribution is 5.96. The van der Waals surface area contributed by atoms with Crippen molar-refractivity contribution >= 4 is 5.91 Å². The molecule has 0 heterocycles. The van der Waals surface area contributed by atoms with Gasteiger partial charge in [0.25, 0.3) is 0 Å². The summed E-state index contributed by atoms with van der Waals surface area (Å²) in [4.78, 5) is 14.2. The molecule has 0 radical (unpaired) electrons. The van der Waals surface area contributed by atoms with E-state index in [2.05, 4.69) is 5.32 Å². The third kappa shape index (κ3) is 4.33. The Hall–Kier alpha value is -4.05. The number of carbonyl (C=O) groups excluding carboxylic acids is 1. The highest BCUT2D eigenvalue weighted by Gasteiger charge is 2.43. The van der Waals surface area contributed by atoms with Crippen LogP contribution in [-0.2, 0) is 16.8 Å². The minimum absolute atomic E-state index is 0.115. The van der Waals surface area contributed by atoms with Crippen LogP contribution in [-0.4, -0.2) is 20.1 Å². The molecule has 0 spiro atoms. The zero-order valence-corrected chi connectivity index (χ0v) is 18.8. The maximum atomic E-state index is 14.2. The van der Waals surface area contributed by atoms with Crippen LogP contribution in [0.3, 0.4) is 0 Å². The molecule has 4 aromatic rings. The monoisotopic (exact) mass is 437 g/mol. The third-order valence-corrected chi connectivity index (χ3v) is 5.89. The summed E-state index contributed by atoms with van der Waals surface area (Å²) in [5, 5.41) is 3.19. The molecule has 1 amide bonds. The van der Waals surface area contributed by atoms with Gasteiger partial charge in [0.2, 0.25) is 5.91 Å². The lowest BCUT2D eigenvalue weighted by Crippen LogP contribution is -2.46. The number of nitrogens with one attached hydrogen (secondary N) is 1. The summed E-state index contributed by atoms with van der Waals surface area (Å²) in [6.07, 6.45) is 0. The quantitative estimate of drug-likeness (QED) is 0.378. The van der Waals surface area contributed by atoms with Gasteiger partial charge in [0.1, 0.15) is 16.9 Å². The molecule has 4 aromatic carbocycles. The molecule has 0 fully saturated rings. The third-order valence-electron chi connectivity index (χ3n) is 5.89. The fourth-order valence-corrected chi connectivity index (χ4v) is 4.29. The lowest BCUT2D eigenvalue weighted by molar-refractivity contribution is -0.124. The fraction of sp³-hybridized carbons (Fsp3) is 0.138. The predicted octanol–water partition coefficient (Wildman–Crippen LogP) is 5.35. The molecule has 0 atom stereocenters. The zero-order chi connectivity index (χ0) is 23.1. The van der Waals surface area contributed by atoms with Crippen molar-refractivity contribution in [3.63, 3.8) is 0 Å². The average Bonchev–Trinajstić information content (AvgIpc) is 2.89. The first kappa shape index (κ1) is 22.2. The van der Waals surface area contributed by atoms with E-state index in [4.69, 9.17) is 9.47 Å².